The SMILES string of the molecule is Clc1ccc(OCCNCC2CCCO2)c2ccccc12. The lowest BCUT2D eigenvalue weighted by Crippen LogP contribution is -2.29. The first-order valence-corrected chi connectivity index (χ1v) is 7.85. The Morgan fingerprint density at radius 3 is 2.86 bits per heavy atom. The number of fused-ring (bicyclic) bond motifs is 1. The molecule has 1 saturated heterocycles. The lowest BCUT2D eigenvalue weighted by atomic mass is 10.1. The van der Waals surface area contributed by atoms with Crippen LogP contribution in [-0.2, 0) is 4.74 Å². The molecule has 1 N–H and O–H groups in total. The van der Waals surface area contributed by atoms with Gasteiger partial charge in [0.2, 0.25) is 0 Å². The molecule has 0 aliphatic carbocycles. The van der Waals surface area contributed by atoms with Crippen LogP contribution in [0.2, 0.25) is 5.02 Å². The van der Waals surface area contributed by atoms with E-state index in [0.29, 0.717) is 12.7 Å². The predicted molar refractivity (Wildman–Crippen MR) is 86.3 cm³/mol. The number of benzene rings is 2. The minimum Gasteiger partial charge on any atom is -0.492 e. The minimum atomic E-state index is 0.376. The summed E-state index contributed by atoms with van der Waals surface area (Å²) >= 11 is 6.20. The summed E-state index contributed by atoms with van der Waals surface area (Å²) in [4.78, 5) is 0. The molecule has 4 heteroatoms. The second-order valence-corrected chi connectivity index (χ2v) is 5.69. The van der Waals surface area contributed by atoms with Gasteiger partial charge in [-0.1, -0.05) is 35.9 Å². The zero-order valence-electron chi connectivity index (χ0n) is 12.0. The normalized spacial score (nSPS) is 18.2. The maximum absolute atomic E-state index is 6.20. The fourth-order valence-electron chi connectivity index (χ4n) is 2.66. The van der Waals surface area contributed by atoms with Crippen LogP contribution in [0.5, 0.6) is 5.75 Å². The molecule has 0 aromatic heterocycles. The largest absolute Gasteiger partial charge is 0.492 e. The van der Waals surface area contributed by atoms with Gasteiger partial charge in [-0.3, -0.25) is 0 Å². The second-order valence-electron chi connectivity index (χ2n) is 5.28. The third-order valence-electron chi connectivity index (χ3n) is 3.76. The van der Waals surface area contributed by atoms with Crippen molar-refractivity contribution in [2.24, 2.45) is 0 Å². The summed E-state index contributed by atoms with van der Waals surface area (Å²) in [6.07, 6.45) is 2.72. The van der Waals surface area contributed by atoms with E-state index in [0.717, 1.165) is 47.7 Å². The zero-order valence-corrected chi connectivity index (χ0v) is 12.7. The number of hydrogen-bond donors (Lipinski definition) is 1. The molecule has 1 aliphatic heterocycles. The lowest BCUT2D eigenvalue weighted by Gasteiger charge is -2.13. The number of nitrogens with one attached hydrogen (secondary N) is 1. The number of halogens is 1. The van der Waals surface area contributed by atoms with Gasteiger partial charge in [-0.25, -0.2) is 0 Å². The highest BCUT2D eigenvalue weighted by Gasteiger charge is 2.14. The van der Waals surface area contributed by atoms with Crippen LogP contribution in [0.3, 0.4) is 0 Å². The maximum atomic E-state index is 6.20. The lowest BCUT2D eigenvalue weighted by molar-refractivity contribution is 0.109. The van der Waals surface area contributed by atoms with Crippen LogP contribution in [0.4, 0.5) is 0 Å². The van der Waals surface area contributed by atoms with Gasteiger partial charge >= 0.3 is 0 Å². The summed E-state index contributed by atoms with van der Waals surface area (Å²) < 4.78 is 11.4. The first-order chi connectivity index (χ1) is 10.3. The molecule has 3 rings (SSSR count). The summed E-state index contributed by atoms with van der Waals surface area (Å²) in [6, 6.07) is 11.9. The molecule has 1 aliphatic rings. The van der Waals surface area contributed by atoms with Crippen LogP contribution in [0.1, 0.15) is 12.8 Å². The molecule has 0 bridgehead atoms. The summed E-state index contributed by atoms with van der Waals surface area (Å²) in [5, 5.41) is 6.23. The number of hydrogen-bond acceptors (Lipinski definition) is 3. The van der Waals surface area contributed by atoms with Crippen LogP contribution < -0.4 is 10.1 Å². The van der Waals surface area contributed by atoms with Crippen molar-refractivity contribution in [2.75, 3.05) is 26.3 Å². The Balaban J connectivity index is 1.52. The van der Waals surface area contributed by atoms with E-state index in [1.807, 2.05) is 36.4 Å². The van der Waals surface area contributed by atoms with Crippen molar-refractivity contribution in [3.63, 3.8) is 0 Å². The molecule has 0 spiro atoms. The van der Waals surface area contributed by atoms with E-state index in [1.165, 1.54) is 6.42 Å². The standard InChI is InChI=1S/C17H20ClNO2/c18-16-7-8-17(15-6-2-1-5-14(15)16)21-11-9-19-12-13-4-3-10-20-13/h1-2,5-8,13,19H,3-4,9-12H2. The molecular weight excluding hydrogens is 286 g/mol. The van der Waals surface area contributed by atoms with E-state index in [9.17, 15) is 0 Å². The summed E-state index contributed by atoms with van der Waals surface area (Å²) in [7, 11) is 0. The Bertz CT molecular complexity index is 596. The fraction of sp³-hybridized carbons (Fsp3) is 0.412. The average molecular weight is 306 g/mol. The zero-order chi connectivity index (χ0) is 14.5. The van der Waals surface area contributed by atoms with Crippen molar-refractivity contribution < 1.29 is 9.47 Å². The van der Waals surface area contributed by atoms with Gasteiger partial charge in [-0.2, -0.15) is 0 Å². The van der Waals surface area contributed by atoms with E-state index >= 15 is 0 Å². The molecule has 3 nitrogen and oxygen atoms in total. The number of rotatable bonds is 6. The highest BCUT2D eigenvalue weighted by atomic mass is 35.5. The predicted octanol–water partition coefficient (Wildman–Crippen LogP) is 3.64. The Morgan fingerprint density at radius 2 is 2.05 bits per heavy atom. The Kier molecular flexibility index (Phi) is 4.96. The molecule has 1 unspecified atom stereocenters. The molecule has 0 radical (unpaired) electrons. The van der Waals surface area contributed by atoms with Gasteiger partial charge in [-0.05, 0) is 25.0 Å². The first kappa shape index (κ1) is 14.6. The molecule has 112 valence electrons. The molecule has 0 amide bonds. The van der Waals surface area contributed by atoms with Gasteiger partial charge in [0.15, 0.2) is 0 Å². The topological polar surface area (TPSA) is 30.5 Å². The molecule has 2 aromatic rings. The molecule has 1 fully saturated rings. The molecule has 2 aromatic carbocycles. The Hall–Kier alpha value is -1.29. The van der Waals surface area contributed by atoms with Crippen LogP contribution in [0.25, 0.3) is 10.8 Å². The molecule has 0 saturated carbocycles. The van der Waals surface area contributed by atoms with Gasteiger partial charge in [0.1, 0.15) is 12.4 Å². The third-order valence-corrected chi connectivity index (χ3v) is 4.09. The van der Waals surface area contributed by atoms with E-state index in [1.54, 1.807) is 0 Å². The van der Waals surface area contributed by atoms with E-state index in [-0.39, 0.29) is 0 Å². The molecule has 21 heavy (non-hydrogen) atoms. The van der Waals surface area contributed by atoms with Gasteiger partial charge in [0.05, 0.1) is 6.10 Å². The fourth-order valence-corrected chi connectivity index (χ4v) is 2.89. The van der Waals surface area contributed by atoms with Crippen molar-refractivity contribution in [1.29, 1.82) is 0 Å². The van der Waals surface area contributed by atoms with Crippen molar-refractivity contribution in [3.05, 3.63) is 41.4 Å². The van der Waals surface area contributed by atoms with Crippen LogP contribution in [-0.4, -0.2) is 32.4 Å². The summed E-state index contributed by atoms with van der Waals surface area (Å²) in [6.45, 7) is 3.26. The highest BCUT2D eigenvalue weighted by Crippen LogP contribution is 2.31. The highest BCUT2D eigenvalue weighted by molar-refractivity contribution is 6.35. The molecule has 1 atom stereocenters. The van der Waals surface area contributed by atoms with Crippen molar-refractivity contribution in [3.8, 4) is 5.75 Å². The Morgan fingerprint density at radius 1 is 1.19 bits per heavy atom. The third kappa shape index (κ3) is 3.67. The van der Waals surface area contributed by atoms with Gasteiger partial charge < -0.3 is 14.8 Å². The van der Waals surface area contributed by atoms with Crippen LogP contribution in [0.15, 0.2) is 36.4 Å². The summed E-state index contributed by atoms with van der Waals surface area (Å²) in [5.41, 5.74) is 0. The minimum absolute atomic E-state index is 0.376. The van der Waals surface area contributed by atoms with E-state index < -0.39 is 0 Å². The first-order valence-electron chi connectivity index (χ1n) is 7.47. The number of ether oxygens (including phenoxy) is 2. The van der Waals surface area contributed by atoms with Gasteiger partial charge in [-0.15, -0.1) is 0 Å². The smallest absolute Gasteiger partial charge is 0.127 e. The molecule has 1 heterocycles. The van der Waals surface area contributed by atoms with E-state index in [4.69, 9.17) is 21.1 Å². The van der Waals surface area contributed by atoms with Gasteiger partial charge in [0, 0.05) is 35.5 Å². The van der Waals surface area contributed by atoms with E-state index in [2.05, 4.69) is 5.32 Å². The average Bonchev–Trinajstić information content (AvgIpc) is 3.03. The Labute approximate surface area is 130 Å². The maximum Gasteiger partial charge on any atom is 0.127 e. The van der Waals surface area contributed by atoms with Gasteiger partial charge in [0.25, 0.3) is 0 Å². The monoisotopic (exact) mass is 305 g/mol. The van der Waals surface area contributed by atoms with Crippen LogP contribution >= 0.6 is 11.6 Å². The van der Waals surface area contributed by atoms with Crippen molar-refractivity contribution in [1.82, 2.24) is 5.32 Å². The molecular formula is C17H20ClNO2. The van der Waals surface area contributed by atoms with Crippen LogP contribution in [0, 0.1) is 0 Å². The van der Waals surface area contributed by atoms with Crippen molar-refractivity contribution in [2.45, 2.75) is 18.9 Å². The summed E-state index contributed by atoms with van der Waals surface area (Å²) in [5.74, 6) is 0.883. The van der Waals surface area contributed by atoms with Crippen molar-refractivity contribution >= 4 is 22.4 Å². The second kappa shape index (κ2) is 7.12. The quantitative estimate of drug-likeness (QED) is 0.827.